The third-order valence-electron chi connectivity index (χ3n) is 3.52. The normalized spacial score (nSPS) is 11.9. The molecule has 1 aromatic carbocycles. The fourth-order valence-corrected chi connectivity index (χ4v) is 4.57. The Bertz CT molecular complexity index is 872. The van der Waals surface area contributed by atoms with Crippen molar-refractivity contribution >= 4 is 21.4 Å². The Hall–Kier alpha value is -1.96. The number of thiophene rings is 1. The van der Waals surface area contributed by atoms with Crippen LogP contribution in [0.3, 0.4) is 0 Å². The average Bonchev–Trinajstić information content (AvgIpc) is 3.26. The highest BCUT2D eigenvalue weighted by Gasteiger charge is 2.25. The number of aromatic nitrogens is 1. The molecule has 0 fully saturated rings. The molecule has 0 saturated carbocycles. The summed E-state index contributed by atoms with van der Waals surface area (Å²) < 4.78 is 32.5. The lowest BCUT2D eigenvalue weighted by molar-refractivity contribution is 0.375. The van der Waals surface area contributed by atoms with Gasteiger partial charge in [-0.25, -0.2) is 8.42 Å². The molecule has 0 aliphatic carbocycles. The summed E-state index contributed by atoms with van der Waals surface area (Å²) in [7, 11) is -3.55. The highest BCUT2D eigenvalue weighted by atomic mass is 32.2. The maximum Gasteiger partial charge on any atom is 0.243 e. The van der Waals surface area contributed by atoms with Crippen LogP contribution in [0.4, 0.5) is 0 Å². The molecular formula is C17H18N2O3S2. The Morgan fingerprint density at radius 1 is 1.17 bits per heavy atom. The molecule has 24 heavy (non-hydrogen) atoms. The summed E-state index contributed by atoms with van der Waals surface area (Å²) in [6.45, 7) is 2.58. The average molecular weight is 362 g/mol. The highest BCUT2D eigenvalue weighted by Crippen LogP contribution is 2.26. The van der Waals surface area contributed by atoms with E-state index >= 15 is 0 Å². The monoisotopic (exact) mass is 362 g/mol. The molecule has 0 bridgehead atoms. The second-order valence-corrected chi connectivity index (χ2v) is 8.20. The quantitative estimate of drug-likeness (QED) is 0.637. The van der Waals surface area contributed by atoms with Crippen molar-refractivity contribution in [3.63, 3.8) is 0 Å². The molecule has 3 rings (SSSR count). The van der Waals surface area contributed by atoms with Crippen molar-refractivity contribution in [2.45, 2.75) is 24.8 Å². The van der Waals surface area contributed by atoms with Crippen molar-refractivity contribution in [3.8, 4) is 10.6 Å². The minimum Gasteiger partial charge on any atom is -0.355 e. The van der Waals surface area contributed by atoms with Gasteiger partial charge in [0.2, 0.25) is 10.0 Å². The van der Waals surface area contributed by atoms with Crippen LogP contribution in [0.1, 0.15) is 19.0 Å². The van der Waals surface area contributed by atoms with Crippen molar-refractivity contribution in [2.24, 2.45) is 0 Å². The van der Waals surface area contributed by atoms with Gasteiger partial charge < -0.3 is 4.52 Å². The largest absolute Gasteiger partial charge is 0.355 e. The van der Waals surface area contributed by atoms with Gasteiger partial charge in [0.1, 0.15) is 0 Å². The van der Waals surface area contributed by atoms with Gasteiger partial charge in [0.15, 0.2) is 5.76 Å². The van der Waals surface area contributed by atoms with Crippen molar-refractivity contribution in [2.75, 3.05) is 6.54 Å². The third-order valence-corrected chi connectivity index (χ3v) is 6.26. The van der Waals surface area contributed by atoms with Crippen LogP contribution in [-0.4, -0.2) is 24.4 Å². The molecule has 0 atom stereocenters. The maximum atomic E-state index is 12.8. The number of hydrogen-bond donors (Lipinski definition) is 0. The Balaban J connectivity index is 1.84. The van der Waals surface area contributed by atoms with E-state index in [1.54, 1.807) is 47.7 Å². The molecule has 126 valence electrons. The number of sulfonamides is 1. The van der Waals surface area contributed by atoms with Gasteiger partial charge in [-0.2, -0.15) is 4.31 Å². The Labute approximate surface area is 145 Å². The molecule has 0 unspecified atom stereocenters. The van der Waals surface area contributed by atoms with E-state index in [2.05, 4.69) is 5.16 Å². The summed E-state index contributed by atoms with van der Waals surface area (Å²) in [4.78, 5) is 1.27. The van der Waals surface area contributed by atoms with Crippen molar-refractivity contribution in [1.82, 2.24) is 9.46 Å². The molecule has 0 aliphatic rings. The van der Waals surface area contributed by atoms with Gasteiger partial charge in [0.25, 0.3) is 0 Å². The molecule has 0 saturated heterocycles. The van der Waals surface area contributed by atoms with Crippen LogP contribution >= 0.6 is 11.3 Å². The standard InChI is InChI=1S/C17H18N2O3S2/c1-2-10-19(24(20,21)15-7-4-3-5-8-15)13-14-12-16(22-18-14)17-9-6-11-23-17/h3-9,11-12H,2,10,13H2,1H3. The molecule has 0 spiro atoms. The van der Waals surface area contributed by atoms with E-state index in [0.717, 1.165) is 11.3 Å². The maximum absolute atomic E-state index is 12.8. The van der Waals surface area contributed by atoms with E-state index in [0.29, 0.717) is 22.9 Å². The number of benzene rings is 1. The first-order valence-electron chi connectivity index (χ1n) is 7.66. The first-order valence-corrected chi connectivity index (χ1v) is 9.98. The third kappa shape index (κ3) is 3.58. The summed E-state index contributed by atoms with van der Waals surface area (Å²) in [5.41, 5.74) is 0.603. The van der Waals surface area contributed by atoms with Gasteiger partial charge in [-0.1, -0.05) is 36.3 Å². The molecule has 0 aliphatic heterocycles. The van der Waals surface area contributed by atoms with Gasteiger partial charge in [-0.15, -0.1) is 11.3 Å². The van der Waals surface area contributed by atoms with Crippen molar-refractivity contribution < 1.29 is 12.9 Å². The highest BCUT2D eigenvalue weighted by molar-refractivity contribution is 7.89. The molecule has 3 aromatic rings. The Kier molecular flexibility index (Phi) is 5.13. The smallest absolute Gasteiger partial charge is 0.243 e. The van der Waals surface area contributed by atoms with Crippen LogP contribution in [-0.2, 0) is 16.6 Å². The van der Waals surface area contributed by atoms with E-state index in [1.165, 1.54) is 4.31 Å². The van der Waals surface area contributed by atoms with E-state index in [9.17, 15) is 8.42 Å². The fraction of sp³-hybridized carbons (Fsp3) is 0.235. The van der Waals surface area contributed by atoms with Crippen molar-refractivity contribution in [3.05, 3.63) is 59.6 Å². The molecule has 2 aromatic heterocycles. The van der Waals surface area contributed by atoms with E-state index < -0.39 is 10.0 Å². The number of rotatable bonds is 7. The van der Waals surface area contributed by atoms with Crippen LogP contribution in [0.5, 0.6) is 0 Å². The van der Waals surface area contributed by atoms with Crippen LogP contribution in [0.2, 0.25) is 0 Å². The SMILES string of the molecule is CCCN(Cc1cc(-c2cccs2)on1)S(=O)(=O)c1ccccc1. The minimum absolute atomic E-state index is 0.194. The zero-order chi connectivity index (χ0) is 17.0. The summed E-state index contributed by atoms with van der Waals surface area (Å²) >= 11 is 1.56. The zero-order valence-electron chi connectivity index (χ0n) is 13.3. The van der Waals surface area contributed by atoms with E-state index in [-0.39, 0.29) is 6.54 Å². The second-order valence-electron chi connectivity index (χ2n) is 5.31. The molecule has 0 radical (unpaired) electrons. The second kappa shape index (κ2) is 7.29. The molecule has 7 heteroatoms. The molecule has 2 heterocycles. The Morgan fingerprint density at radius 3 is 2.62 bits per heavy atom. The summed E-state index contributed by atoms with van der Waals surface area (Å²) in [6.07, 6.45) is 0.724. The van der Waals surface area contributed by atoms with Gasteiger partial charge in [0, 0.05) is 12.6 Å². The summed E-state index contributed by atoms with van der Waals surface area (Å²) in [5.74, 6) is 0.661. The van der Waals surface area contributed by atoms with Gasteiger partial charge in [-0.05, 0) is 30.0 Å². The number of nitrogens with zero attached hydrogens (tertiary/aromatic N) is 2. The summed E-state index contributed by atoms with van der Waals surface area (Å²) in [5, 5.41) is 5.99. The van der Waals surface area contributed by atoms with Gasteiger partial charge >= 0.3 is 0 Å². The van der Waals surface area contributed by atoms with Crippen molar-refractivity contribution in [1.29, 1.82) is 0 Å². The minimum atomic E-state index is -3.55. The van der Waals surface area contributed by atoms with Crippen LogP contribution < -0.4 is 0 Å². The molecule has 0 amide bonds. The first kappa shape index (κ1) is 16.9. The molecular weight excluding hydrogens is 344 g/mol. The lowest BCUT2D eigenvalue weighted by Crippen LogP contribution is -2.31. The first-order chi connectivity index (χ1) is 11.6. The zero-order valence-corrected chi connectivity index (χ0v) is 14.9. The van der Waals surface area contributed by atoms with Gasteiger partial charge in [-0.3, -0.25) is 0 Å². The van der Waals surface area contributed by atoms with Crippen LogP contribution in [0.25, 0.3) is 10.6 Å². The lowest BCUT2D eigenvalue weighted by atomic mass is 10.3. The van der Waals surface area contributed by atoms with Gasteiger partial charge in [0.05, 0.1) is 22.0 Å². The van der Waals surface area contributed by atoms with E-state index in [4.69, 9.17) is 4.52 Å². The Morgan fingerprint density at radius 2 is 1.96 bits per heavy atom. The summed E-state index contributed by atoms with van der Waals surface area (Å²) in [6, 6.07) is 14.1. The number of hydrogen-bond acceptors (Lipinski definition) is 5. The fourth-order valence-electron chi connectivity index (χ4n) is 2.38. The van der Waals surface area contributed by atoms with Crippen LogP contribution in [0, 0.1) is 0 Å². The molecule has 5 nitrogen and oxygen atoms in total. The van der Waals surface area contributed by atoms with E-state index in [1.807, 2.05) is 24.4 Å². The topological polar surface area (TPSA) is 63.4 Å². The predicted octanol–water partition coefficient (Wildman–Crippen LogP) is 4.00. The predicted molar refractivity (Wildman–Crippen MR) is 94.1 cm³/mol. The van der Waals surface area contributed by atoms with Crippen LogP contribution in [0.15, 0.2) is 63.3 Å². The lowest BCUT2D eigenvalue weighted by Gasteiger charge is -2.20. The molecule has 0 N–H and O–H groups in total.